The highest BCUT2D eigenvalue weighted by atomic mass is 32.1. The number of aromatic nitrogens is 4. The van der Waals surface area contributed by atoms with Gasteiger partial charge < -0.3 is 10.8 Å². The normalized spacial score (nSPS) is 19.1. The topological polar surface area (TPSA) is 123 Å². The number of hydrogen-bond acceptors (Lipinski definition) is 7. The smallest absolute Gasteiger partial charge is 0.306 e. The fourth-order valence-electron chi connectivity index (χ4n) is 4.51. The SMILES string of the molecule is CC(=O)c1c(N)n2ncc(-c3cnc4sccc4c3)c2nc1[C@H]1CC[C@H](C(=O)O)CC1. The summed E-state index contributed by atoms with van der Waals surface area (Å²) in [5.41, 5.74) is 9.68. The Bertz CT molecular complexity index is 1330. The average molecular weight is 436 g/mol. The van der Waals surface area contributed by atoms with E-state index in [2.05, 4.69) is 10.1 Å². The zero-order valence-corrected chi connectivity index (χ0v) is 17.7. The van der Waals surface area contributed by atoms with Gasteiger partial charge in [0, 0.05) is 28.6 Å². The van der Waals surface area contributed by atoms with Crippen LogP contribution in [0.5, 0.6) is 0 Å². The van der Waals surface area contributed by atoms with Gasteiger partial charge in [-0.05, 0) is 50.1 Å². The number of nitrogens with two attached hydrogens (primary N) is 1. The number of aliphatic carboxylic acids is 1. The first kappa shape index (κ1) is 19.6. The average Bonchev–Trinajstić information content (AvgIpc) is 3.39. The molecule has 31 heavy (non-hydrogen) atoms. The quantitative estimate of drug-likeness (QED) is 0.462. The van der Waals surface area contributed by atoms with Gasteiger partial charge in [0.25, 0.3) is 0 Å². The van der Waals surface area contributed by atoms with Gasteiger partial charge in [0.2, 0.25) is 0 Å². The lowest BCUT2D eigenvalue weighted by atomic mass is 9.79. The molecule has 0 saturated heterocycles. The summed E-state index contributed by atoms with van der Waals surface area (Å²) in [6, 6.07) is 4.06. The number of carbonyl (C=O) groups is 2. The van der Waals surface area contributed by atoms with E-state index in [9.17, 15) is 14.7 Å². The summed E-state index contributed by atoms with van der Waals surface area (Å²) in [5, 5.41) is 16.8. The van der Waals surface area contributed by atoms with E-state index >= 15 is 0 Å². The third-order valence-electron chi connectivity index (χ3n) is 6.14. The number of carboxylic acid groups (broad SMARTS) is 1. The second-order valence-corrected chi connectivity index (χ2v) is 8.93. The zero-order chi connectivity index (χ0) is 21.7. The van der Waals surface area contributed by atoms with Crippen molar-refractivity contribution in [3.63, 3.8) is 0 Å². The molecular weight excluding hydrogens is 414 g/mol. The first-order chi connectivity index (χ1) is 14.9. The first-order valence-corrected chi connectivity index (χ1v) is 11.1. The van der Waals surface area contributed by atoms with Crippen molar-refractivity contribution in [3.8, 4) is 11.1 Å². The second kappa shape index (κ2) is 7.42. The van der Waals surface area contributed by atoms with Crippen molar-refractivity contribution in [2.75, 3.05) is 5.73 Å². The molecule has 1 aliphatic carbocycles. The van der Waals surface area contributed by atoms with Crippen molar-refractivity contribution >= 4 is 44.8 Å². The molecule has 0 aromatic carbocycles. The fraction of sp³-hybridized carbons (Fsp3) is 0.318. The molecule has 3 N–H and O–H groups in total. The van der Waals surface area contributed by atoms with Crippen LogP contribution in [0, 0.1) is 5.92 Å². The number of nitrogens with zero attached hydrogens (tertiary/aromatic N) is 4. The Balaban J connectivity index is 1.64. The number of fused-ring (bicyclic) bond motifs is 2. The summed E-state index contributed by atoms with van der Waals surface area (Å²) in [7, 11) is 0. The van der Waals surface area contributed by atoms with Gasteiger partial charge in [0.1, 0.15) is 10.6 Å². The highest BCUT2D eigenvalue weighted by Crippen LogP contribution is 2.39. The largest absolute Gasteiger partial charge is 0.481 e. The predicted molar refractivity (Wildman–Crippen MR) is 118 cm³/mol. The molecule has 0 bridgehead atoms. The first-order valence-electron chi connectivity index (χ1n) is 10.2. The second-order valence-electron chi connectivity index (χ2n) is 8.03. The molecule has 5 rings (SSSR count). The molecule has 0 atom stereocenters. The molecule has 0 amide bonds. The summed E-state index contributed by atoms with van der Waals surface area (Å²) in [4.78, 5) is 34.2. The van der Waals surface area contributed by atoms with Crippen LogP contribution in [0.25, 0.3) is 27.0 Å². The van der Waals surface area contributed by atoms with Gasteiger partial charge in [-0.3, -0.25) is 9.59 Å². The summed E-state index contributed by atoms with van der Waals surface area (Å²) < 4.78 is 1.51. The molecule has 4 heterocycles. The number of anilines is 1. The third kappa shape index (κ3) is 3.25. The van der Waals surface area contributed by atoms with Crippen molar-refractivity contribution in [3.05, 3.63) is 41.2 Å². The Kier molecular flexibility index (Phi) is 4.70. The molecule has 0 radical (unpaired) electrons. The van der Waals surface area contributed by atoms with Crippen LogP contribution in [-0.4, -0.2) is 36.4 Å². The van der Waals surface area contributed by atoms with Gasteiger partial charge in [-0.1, -0.05) is 0 Å². The predicted octanol–water partition coefficient (Wildman–Crippen LogP) is 4.15. The number of nitrogen functional groups attached to an aromatic ring is 1. The van der Waals surface area contributed by atoms with Crippen LogP contribution in [0.3, 0.4) is 0 Å². The molecular formula is C22H21N5O3S. The number of pyridine rings is 1. The maximum atomic E-state index is 12.5. The third-order valence-corrected chi connectivity index (χ3v) is 6.98. The number of ketones is 1. The minimum Gasteiger partial charge on any atom is -0.481 e. The Labute approximate surface area is 181 Å². The van der Waals surface area contributed by atoms with Crippen molar-refractivity contribution < 1.29 is 14.7 Å². The van der Waals surface area contributed by atoms with Gasteiger partial charge >= 0.3 is 5.97 Å². The summed E-state index contributed by atoms with van der Waals surface area (Å²) >= 11 is 1.58. The van der Waals surface area contributed by atoms with E-state index in [4.69, 9.17) is 10.7 Å². The molecule has 1 aliphatic rings. The Morgan fingerprint density at radius 3 is 2.71 bits per heavy atom. The van der Waals surface area contributed by atoms with Crippen molar-refractivity contribution in [1.82, 2.24) is 19.6 Å². The van der Waals surface area contributed by atoms with Crippen LogP contribution < -0.4 is 5.73 Å². The summed E-state index contributed by atoms with van der Waals surface area (Å²) in [6.07, 6.45) is 5.94. The number of carboxylic acids is 1. The van der Waals surface area contributed by atoms with E-state index in [1.807, 2.05) is 17.5 Å². The van der Waals surface area contributed by atoms with E-state index in [1.54, 1.807) is 23.7 Å². The molecule has 4 aromatic heterocycles. The molecule has 9 heteroatoms. The van der Waals surface area contributed by atoms with Gasteiger partial charge in [-0.25, -0.2) is 9.97 Å². The van der Waals surface area contributed by atoms with Crippen LogP contribution >= 0.6 is 11.3 Å². The number of hydrogen-bond donors (Lipinski definition) is 2. The van der Waals surface area contributed by atoms with Gasteiger partial charge in [-0.2, -0.15) is 9.61 Å². The molecule has 4 aromatic rings. The van der Waals surface area contributed by atoms with Crippen LogP contribution in [0.4, 0.5) is 5.82 Å². The zero-order valence-electron chi connectivity index (χ0n) is 16.9. The van der Waals surface area contributed by atoms with Crippen LogP contribution in [0.2, 0.25) is 0 Å². The highest BCUT2D eigenvalue weighted by molar-refractivity contribution is 7.16. The van der Waals surface area contributed by atoms with Crippen LogP contribution in [0.1, 0.15) is 54.6 Å². The lowest BCUT2D eigenvalue weighted by Gasteiger charge is -2.27. The lowest BCUT2D eigenvalue weighted by Crippen LogP contribution is -2.23. The lowest BCUT2D eigenvalue weighted by molar-refractivity contribution is -0.142. The van der Waals surface area contributed by atoms with Crippen molar-refractivity contribution in [2.24, 2.45) is 5.92 Å². The van der Waals surface area contributed by atoms with Crippen molar-refractivity contribution in [1.29, 1.82) is 0 Å². The molecule has 1 saturated carbocycles. The van der Waals surface area contributed by atoms with Crippen LogP contribution in [0.15, 0.2) is 29.9 Å². The molecule has 8 nitrogen and oxygen atoms in total. The standard InChI is InChI=1S/C22H21N5O3S/c1-11(28)17-18(12-2-4-13(5-3-12)22(29)30)26-20-16(10-25-27(20)19(17)23)15-8-14-6-7-31-21(14)24-9-15/h6-10,12-13H,2-5,23H2,1H3,(H,29,30)/t12-,13-. The maximum Gasteiger partial charge on any atom is 0.306 e. The van der Waals surface area contributed by atoms with E-state index < -0.39 is 5.97 Å². The number of rotatable bonds is 4. The summed E-state index contributed by atoms with van der Waals surface area (Å²) in [5.74, 6) is -1.01. The monoisotopic (exact) mass is 435 g/mol. The van der Waals surface area contributed by atoms with Crippen molar-refractivity contribution in [2.45, 2.75) is 38.5 Å². The van der Waals surface area contributed by atoms with E-state index in [-0.39, 0.29) is 23.4 Å². The van der Waals surface area contributed by atoms with E-state index in [1.165, 1.54) is 11.4 Å². The Morgan fingerprint density at radius 2 is 2.00 bits per heavy atom. The maximum absolute atomic E-state index is 12.5. The number of thiophene rings is 1. The van der Waals surface area contributed by atoms with Gasteiger partial charge in [0.15, 0.2) is 11.4 Å². The van der Waals surface area contributed by atoms with E-state index in [0.29, 0.717) is 42.6 Å². The van der Waals surface area contributed by atoms with Gasteiger partial charge in [0.05, 0.1) is 23.4 Å². The number of Topliss-reactive ketones (excluding diaryl/α,β-unsaturated/α-hetero) is 1. The highest BCUT2D eigenvalue weighted by Gasteiger charge is 2.31. The molecule has 0 spiro atoms. The number of carbonyl (C=O) groups excluding carboxylic acids is 1. The minimum atomic E-state index is -0.762. The molecule has 0 unspecified atom stereocenters. The van der Waals surface area contributed by atoms with Gasteiger partial charge in [-0.15, -0.1) is 11.3 Å². The molecule has 0 aliphatic heterocycles. The van der Waals surface area contributed by atoms with Crippen LogP contribution in [-0.2, 0) is 4.79 Å². The molecule has 158 valence electrons. The summed E-state index contributed by atoms with van der Waals surface area (Å²) in [6.45, 7) is 1.48. The minimum absolute atomic E-state index is 0.0120. The molecule has 1 fully saturated rings. The fourth-order valence-corrected chi connectivity index (χ4v) is 5.23. The Morgan fingerprint density at radius 1 is 1.23 bits per heavy atom. The van der Waals surface area contributed by atoms with E-state index in [0.717, 1.165) is 21.3 Å². The Hall–Kier alpha value is -3.33.